The van der Waals surface area contributed by atoms with Gasteiger partial charge in [-0.15, -0.1) is 0 Å². The van der Waals surface area contributed by atoms with Crippen molar-refractivity contribution >= 4 is 16.8 Å². The van der Waals surface area contributed by atoms with Crippen molar-refractivity contribution in [1.29, 1.82) is 0 Å². The van der Waals surface area contributed by atoms with E-state index in [1.54, 1.807) is 21.3 Å². The van der Waals surface area contributed by atoms with Crippen LogP contribution in [-0.2, 0) is 0 Å². The van der Waals surface area contributed by atoms with E-state index in [1.165, 1.54) is 4.90 Å². The molecular weight excluding hydrogens is 322 g/mol. The Morgan fingerprint density at radius 1 is 1.12 bits per heavy atom. The van der Waals surface area contributed by atoms with E-state index >= 15 is 0 Å². The highest BCUT2D eigenvalue weighted by molar-refractivity contribution is 6.01. The zero-order valence-corrected chi connectivity index (χ0v) is 15.3. The van der Waals surface area contributed by atoms with Gasteiger partial charge in [-0.2, -0.15) is 0 Å². The summed E-state index contributed by atoms with van der Waals surface area (Å²) in [6.07, 6.45) is 0. The van der Waals surface area contributed by atoms with Crippen molar-refractivity contribution in [3.05, 3.63) is 17.8 Å². The van der Waals surface area contributed by atoms with E-state index in [1.807, 2.05) is 17.0 Å². The molecule has 1 aliphatic rings. The first-order chi connectivity index (χ1) is 12.1. The fourth-order valence-corrected chi connectivity index (χ4v) is 3.42. The maximum Gasteiger partial charge on any atom is 0.270 e. The molecule has 0 bridgehead atoms. The van der Waals surface area contributed by atoms with Crippen LogP contribution < -0.4 is 19.1 Å². The molecule has 1 aromatic carbocycles. The summed E-state index contributed by atoms with van der Waals surface area (Å²) in [5, 5.41) is 0.807. The van der Waals surface area contributed by atoms with Crippen molar-refractivity contribution in [3.63, 3.8) is 0 Å². The number of methoxy groups -OCH3 is 3. The Labute approximate surface area is 147 Å². The van der Waals surface area contributed by atoms with Crippen molar-refractivity contribution < 1.29 is 23.9 Å². The van der Waals surface area contributed by atoms with Gasteiger partial charge in [0.05, 0.1) is 59.6 Å². The fraction of sp³-hybridized carbons (Fsp3) is 0.500. The van der Waals surface area contributed by atoms with Gasteiger partial charge in [0, 0.05) is 11.5 Å². The van der Waals surface area contributed by atoms with Gasteiger partial charge >= 0.3 is 0 Å². The monoisotopic (exact) mass is 348 g/mol. The predicted molar refractivity (Wildman–Crippen MR) is 95.1 cm³/mol. The van der Waals surface area contributed by atoms with E-state index in [-0.39, 0.29) is 5.91 Å². The van der Waals surface area contributed by atoms with Crippen LogP contribution in [0.2, 0.25) is 0 Å². The van der Waals surface area contributed by atoms with Crippen molar-refractivity contribution in [1.82, 2.24) is 9.88 Å². The lowest BCUT2D eigenvalue weighted by molar-refractivity contribution is -0.902. The van der Waals surface area contributed by atoms with Crippen LogP contribution in [0.1, 0.15) is 17.4 Å². The third-order valence-corrected chi connectivity index (χ3v) is 4.91. The first kappa shape index (κ1) is 17.4. The lowest BCUT2D eigenvalue weighted by atomic mass is 10.2. The molecular formula is C18H26N3O4+. The van der Waals surface area contributed by atoms with Gasteiger partial charge in [0.15, 0.2) is 11.5 Å². The standard InChI is InChI=1S/C18H25N3O4/c1-5-20-6-8-21(9-7-20)18(22)14-10-12-13(19-14)11-15(23-2)17(25-4)16(12)24-3/h10-11,19H,5-9H2,1-4H3/p+1. The normalized spacial score (nSPS) is 15.4. The number of piperazine rings is 1. The molecule has 1 amide bonds. The molecule has 1 aromatic heterocycles. The van der Waals surface area contributed by atoms with Crippen molar-refractivity contribution in [3.8, 4) is 17.2 Å². The van der Waals surface area contributed by atoms with Crippen molar-refractivity contribution in [2.75, 3.05) is 54.1 Å². The number of nitrogens with zero attached hydrogens (tertiary/aromatic N) is 1. The highest BCUT2D eigenvalue weighted by atomic mass is 16.5. The van der Waals surface area contributed by atoms with E-state index in [2.05, 4.69) is 11.9 Å². The van der Waals surface area contributed by atoms with Crippen LogP contribution >= 0.6 is 0 Å². The molecule has 7 nitrogen and oxygen atoms in total. The maximum absolute atomic E-state index is 12.9. The molecule has 2 aromatic rings. The van der Waals surface area contributed by atoms with E-state index in [0.717, 1.165) is 43.6 Å². The molecule has 1 saturated heterocycles. The molecule has 0 saturated carbocycles. The smallest absolute Gasteiger partial charge is 0.270 e. The van der Waals surface area contributed by atoms with Gasteiger partial charge in [0.2, 0.25) is 5.75 Å². The highest BCUT2D eigenvalue weighted by Crippen LogP contribution is 2.43. The largest absolute Gasteiger partial charge is 0.493 e. The third-order valence-electron chi connectivity index (χ3n) is 4.91. The molecule has 1 aliphatic heterocycles. The Morgan fingerprint density at radius 2 is 1.80 bits per heavy atom. The van der Waals surface area contributed by atoms with E-state index in [9.17, 15) is 4.79 Å². The Kier molecular flexibility index (Phi) is 5.03. The minimum Gasteiger partial charge on any atom is -0.493 e. The Bertz CT molecular complexity index is 763. The number of rotatable bonds is 5. The topological polar surface area (TPSA) is 68.2 Å². The van der Waals surface area contributed by atoms with Crippen LogP contribution in [0.25, 0.3) is 10.9 Å². The van der Waals surface area contributed by atoms with Crippen molar-refractivity contribution in [2.24, 2.45) is 0 Å². The first-order valence-corrected chi connectivity index (χ1v) is 8.57. The van der Waals surface area contributed by atoms with Crippen molar-refractivity contribution in [2.45, 2.75) is 6.92 Å². The number of likely N-dealkylation sites (N-methyl/N-ethyl adjacent to an activating group) is 1. The van der Waals surface area contributed by atoms with Crippen LogP contribution in [0.3, 0.4) is 0 Å². The Morgan fingerprint density at radius 3 is 2.36 bits per heavy atom. The number of carbonyl (C=O) groups is 1. The van der Waals surface area contributed by atoms with Gasteiger partial charge in [-0.25, -0.2) is 0 Å². The maximum atomic E-state index is 12.9. The number of hydrogen-bond donors (Lipinski definition) is 2. The summed E-state index contributed by atoms with van der Waals surface area (Å²) >= 11 is 0. The van der Waals surface area contributed by atoms with Crippen LogP contribution in [-0.4, -0.2) is 69.8 Å². The molecule has 7 heteroatoms. The average molecular weight is 348 g/mol. The number of fused-ring (bicyclic) bond motifs is 1. The molecule has 0 spiro atoms. The number of nitrogens with one attached hydrogen (secondary N) is 2. The Balaban J connectivity index is 1.94. The number of aromatic nitrogens is 1. The summed E-state index contributed by atoms with van der Waals surface area (Å²) in [4.78, 5) is 19.5. The third kappa shape index (κ3) is 3.11. The van der Waals surface area contributed by atoms with Crippen LogP contribution in [0, 0.1) is 0 Å². The van der Waals surface area contributed by atoms with Gasteiger partial charge in [-0.05, 0) is 13.0 Å². The molecule has 0 atom stereocenters. The molecule has 2 heterocycles. The zero-order valence-electron chi connectivity index (χ0n) is 15.3. The molecule has 0 unspecified atom stereocenters. The fourth-order valence-electron chi connectivity index (χ4n) is 3.42. The molecule has 0 aliphatic carbocycles. The van der Waals surface area contributed by atoms with E-state index in [0.29, 0.717) is 22.9 Å². The first-order valence-electron chi connectivity index (χ1n) is 8.57. The number of quaternary nitrogens is 1. The van der Waals surface area contributed by atoms with E-state index in [4.69, 9.17) is 14.2 Å². The van der Waals surface area contributed by atoms with Gasteiger partial charge in [0.1, 0.15) is 5.69 Å². The van der Waals surface area contributed by atoms with Crippen LogP contribution in [0.15, 0.2) is 12.1 Å². The number of carbonyl (C=O) groups excluding carboxylic acids is 1. The number of amides is 1. The highest BCUT2D eigenvalue weighted by Gasteiger charge is 2.26. The number of H-pyrrole nitrogens is 1. The minimum absolute atomic E-state index is 0.0198. The second-order valence-electron chi connectivity index (χ2n) is 6.19. The zero-order chi connectivity index (χ0) is 18.0. The number of hydrogen-bond acceptors (Lipinski definition) is 4. The minimum atomic E-state index is 0.0198. The summed E-state index contributed by atoms with van der Waals surface area (Å²) < 4.78 is 16.3. The summed E-state index contributed by atoms with van der Waals surface area (Å²) in [5.41, 5.74) is 1.35. The lowest BCUT2D eigenvalue weighted by Crippen LogP contribution is -3.14. The number of ether oxygens (including phenoxy) is 3. The average Bonchev–Trinajstić information content (AvgIpc) is 3.09. The lowest BCUT2D eigenvalue weighted by Gasteiger charge is -2.31. The quantitative estimate of drug-likeness (QED) is 0.828. The summed E-state index contributed by atoms with van der Waals surface area (Å²) in [6, 6.07) is 3.66. The Hall–Kier alpha value is -2.41. The molecule has 0 radical (unpaired) electrons. The number of aromatic amines is 1. The summed E-state index contributed by atoms with van der Waals surface area (Å²) in [7, 11) is 4.73. The molecule has 1 fully saturated rings. The summed E-state index contributed by atoms with van der Waals surface area (Å²) in [6.45, 7) is 6.83. The molecule has 2 N–H and O–H groups in total. The summed E-state index contributed by atoms with van der Waals surface area (Å²) in [5.74, 6) is 1.67. The number of benzene rings is 1. The van der Waals surface area contributed by atoms with Gasteiger partial charge in [-0.1, -0.05) is 0 Å². The second kappa shape index (κ2) is 7.23. The molecule has 136 valence electrons. The SMILES string of the molecule is CC[NH+]1CCN(C(=O)c2cc3c(OC)c(OC)c(OC)cc3[nH]2)CC1. The van der Waals surface area contributed by atoms with Gasteiger partial charge < -0.3 is 29.0 Å². The second-order valence-corrected chi connectivity index (χ2v) is 6.19. The van der Waals surface area contributed by atoms with Crippen LogP contribution in [0.4, 0.5) is 0 Å². The van der Waals surface area contributed by atoms with Crippen LogP contribution in [0.5, 0.6) is 17.2 Å². The molecule has 25 heavy (non-hydrogen) atoms. The van der Waals surface area contributed by atoms with E-state index < -0.39 is 0 Å². The van der Waals surface area contributed by atoms with Gasteiger partial charge in [-0.3, -0.25) is 4.79 Å². The predicted octanol–water partition coefficient (Wildman–Crippen LogP) is 0.554. The molecule has 3 rings (SSSR count). The van der Waals surface area contributed by atoms with Gasteiger partial charge in [0.25, 0.3) is 5.91 Å².